The third-order valence-corrected chi connectivity index (χ3v) is 5.32. The average molecular weight is 313 g/mol. The van der Waals surface area contributed by atoms with Crippen LogP contribution in [0.25, 0.3) is 0 Å². The molecule has 1 rings (SSSR count). The van der Waals surface area contributed by atoms with E-state index in [1.54, 1.807) is 11.4 Å². The second-order valence-electron chi connectivity index (χ2n) is 4.36. The lowest BCUT2D eigenvalue weighted by Gasteiger charge is -2.30. The van der Waals surface area contributed by atoms with Crippen molar-refractivity contribution in [3.8, 4) is 0 Å². The van der Waals surface area contributed by atoms with E-state index in [-0.39, 0.29) is 0 Å². The van der Waals surface area contributed by atoms with Crippen LogP contribution in [0.2, 0.25) is 0 Å². The first-order valence-corrected chi connectivity index (χ1v) is 8.11. The number of halogens is 1. The van der Waals surface area contributed by atoms with Gasteiger partial charge in [0, 0.05) is 31.5 Å². The average Bonchev–Trinajstić information content (AvgIpc) is 2.27. The van der Waals surface area contributed by atoms with Gasteiger partial charge in [-0.2, -0.15) is 17.0 Å². The Morgan fingerprint density at radius 1 is 1.31 bits per heavy atom. The maximum absolute atomic E-state index is 12.1. The van der Waals surface area contributed by atoms with Crippen LogP contribution in [0.15, 0.2) is 0 Å². The summed E-state index contributed by atoms with van der Waals surface area (Å²) in [6.45, 7) is 3.96. The molecule has 0 amide bonds. The molecule has 96 valence electrons. The standard InChI is InChI=1S/C10H21BrN2O2S/c1-10(11)6-9-12(2)16(14,15)13-7-4-3-5-8-13/h10H,3-9H2,1-2H3. The lowest BCUT2D eigenvalue weighted by atomic mass is 10.2. The molecule has 0 aromatic heterocycles. The van der Waals surface area contributed by atoms with E-state index in [2.05, 4.69) is 15.9 Å². The molecule has 0 aliphatic carbocycles. The molecule has 1 saturated heterocycles. The van der Waals surface area contributed by atoms with Crippen LogP contribution >= 0.6 is 15.9 Å². The number of nitrogens with zero attached hydrogens (tertiary/aromatic N) is 2. The number of piperidine rings is 1. The zero-order valence-electron chi connectivity index (χ0n) is 10.0. The molecule has 1 heterocycles. The summed E-state index contributed by atoms with van der Waals surface area (Å²) >= 11 is 3.43. The normalized spacial score (nSPS) is 21.2. The predicted molar refractivity (Wildman–Crippen MR) is 70.0 cm³/mol. The Kier molecular flexibility index (Phi) is 5.70. The highest BCUT2D eigenvalue weighted by Gasteiger charge is 2.27. The Morgan fingerprint density at radius 2 is 1.88 bits per heavy atom. The molecule has 1 fully saturated rings. The van der Waals surface area contributed by atoms with E-state index in [4.69, 9.17) is 0 Å². The minimum absolute atomic E-state index is 0.353. The molecule has 1 aliphatic rings. The molecular formula is C10H21BrN2O2S. The van der Waals surface area contributed by atoms with E-state index in [9.17, 15) is 8.42 Å². The SMILES string of the molecule is CC(Br)CCN(C)S(=O)(=O)N1CCCCC1. The first kappa shape index (κ1) is 14.4. The van der Waals surface area contributed by atoms with Crippen LogP contribution in [-0.2, 0) is 10.2 Å². The molecule has 4 nitrogen and oxygen atoms in total. The number of rotatable bonds is 5. The molecule has 16 heavy (non-hydrogen) atoms. The van der Waals surface area contributed by atoms with Crippen molar-refractivity contribution in [2.24, 2.45) is 0 Å². The fourth-order valence-electron chi connectivity index (χ4n) is 1.77. The number of hydrogen-bond donors (Lipinski definition) is 0. The molecule has 0 aromatic carbocycles. The Bertz CT molecular complexity index is 300. The van der Waals surface area contributed by atoms with E-state index in [1.807, 2.05) is 6.92 Å². The Balaban J connectivity index is 2.54. The molecule has 0 spiro atoms. The topological polar surface area (TPSA) is 40.6 Å². The van der Waals surface area contributed by atoms with Gasteiger partial charge in [-0.05, 0) is 19.3 Å². The molecule has 1 aliphatic heterocycles. The summed E-state index contributed by atoms with van der Waals surface area (Å²) in [5.74, 6) is 0. The summed E-state index contributed by atoms with van der Waals surface area (Å²) < 4.78 is 27.3. The van der Waals surface area contributed by atoms with Crippen LogP contribution in [0.4, 0.5) is 0 Å². The molecule has 0 radical (unpaired) electrons. The van der Waals surface area contributed by atoms with Gasteiger partial charge in [0.2, 0.25) is 0 Å². The van der Waals surface area contributed by atoms with Crippen LogP contribution < -0.4 is 0 Å². The first-order valence-electron chi connectivity index (χ1n) is 5.80. The van der Waals surface area contributed by atoms with Crippen LogP contribution in [-0.4, -0.2) is 48.5 Å². The van der Waals surface area contributed by atoms with E-state index in [1.165, 1.54) is 4.31 Å². The Labute approximate surface area is 107 Å². The molecule has 1 atom stereocenters. The largest absolute Gasteiger partial charge is 0.281 e. The highest BCUT2D eigenvalue weighted by Crippen LogP contribution is 2.16. The fraction of sp³-hybridized carbons (Fsp3) is 1.00. The zero-order chi connectivity index (χ0) is 12.2. The van der Waals surface area contributed by atoms with Crippen molar-refractivity contribution >= 4 is 26.1 Å². The lowest BCUT2D eigenvalue weighted by Crippen LogP contribution is -2.44. The Morgan fingerprint density at radius 3 is 2.38 bits per heavy atom. The van der Waals surface area contributed by atoms with Gasteiger partial charge in [0.25, 0.3) is 10.2 Å². The van der Waals surface area contributed by atoms with E-state index < -0.39 is 10.2 Å². The van der Waals surface area contributed by atoms with Gasteiger partial charge in [-0.1, -0.05) is 29.3 Å². The summed E-state index contributed by atoms with van der Waals surface area (Å²) in [5.41, 5.74) is 0. The van der Waals surface area contributed by atoms with Crippen LogP contribution in [0.3, 0.4) is 0 Å². The molecule has 6 heteroatoms. The smallest absolute Gasteiger partial charge is 0.195 e. The van der Waals surface area contributed by atoms with E-state index >= 15 is 0 Å². The second-order valence-corrected chi connectivity index (χ2v) is 7.96. The van der Waals surface area contributed by atoms with Gasteiger partial charge in [-0.25, -0.2) is 0 Å². The molecule has 0 aromatic rings. The third kappa shape index (κ3) is 3.98. The molecule has 0 bridgehead atoms. The number of alkyl halides is 1. The lowest BCUT2D eigenvalue weighted by molar-refractivity contribution is 0.315. The molecule has 0 N–H and O–H groups in total. The highest BCUT2D eigenvalue weighted by molar-refractivity contribution is 9.09. The van der Waals surface area contributed by atoms with Crippen LogP contribution in [0.5, 0.6) is 0 Å². The van der Waals surface area contributed by atoms with Gasteiger partial charge >= 0.3 is 0 Å². The van der Waals surface area contributed by atoms with Crippen molar-refractivity contribution in [2.75, 3.05) is 26.7 Å². The van der Waals surface area contributed by atoms with Crippen molar-refractivity contribution < 1.29 is 8.42 Å². The van der Waals surface area contributed by atoms with Crippen molar-refractivity contribution in [3.05, 3.63) is 0 Å². The summed E-state index contributed by atoms with van der Waals surface area (Å²) in [6.07, 6.45) is 3.96. The van der Waals surface area contributed by atoms with Crippen molar-refractivity contribution in [2.45, 2.75) is 37.4 Å². The van der Waals surface area contributed by atoms with Gasteiger partial charge in [-0.3, -0.25) is 0 Å². The maximum Gasteiger partial charge on any atom is 0.281 e. The number of hydrogen-bond acceptors (Lipinski definition) is 2. The van der Waals surface area contributed by atoms with Crippen LogP contribution in [0.1, 0.15) is 32.6 Å². The van der Waals surface area contributed by atoms with Gasteiger partial charge in [0.15, 0.2) is 0 Å². The minimum atomic E-state index is -3.21. The van der Waals surface area contributed by atoms with Gasteiger partial charge < -0.3 is 0 Å². The van der Waals surface area contributed by atoms with Gasteiger partial charge in [0.05, 0.1) is 0 Å². The Hall–Kier alpha value is 0.350. The van der Waals surface area contributed by atoms with Crippen molar-refractivity contribution in [1.29, 1.82) is 0 Å². The minimum Gasteiger partial charge on any atom is -0.195 e. The van der Waals surface area contributed by atoms with Crippen molar-refractivity contribution in [1.82, 2.24) is 8.61 Å². The van der Waals surface area contributed by atoms with Crippen molar-refractivity contribution in [3.63, 3.8) is 0 Å². The second kappa shape index (κ2) is 6.33. The molecule has 0 saturated carbocycles. The van der Waals surface area contributed by atoms with Crippen LogP contribution in [0, 0.1) is 0 Å². The van der Waals surface area contributed by atoms with Gasteiger partial charge in [-0.15, -0.1) is 0 Å². The fourth-order valence-corrected chi connectivity index (χ4v) is 3.42. The summed E-state index contributed by atoms with van der Waals surface area (Å²) in [5, 5.41) is 0. The summed E-state index contributed by atoms with van der Waals surface area (Å²) in [7, 11) is -1.55. The molecule has 1 unspecified atom stereocenters. The predicted octanol–water partition coefficient (Wildman–Crippen LogP) is 1.82. The quantitative estimate of drug-likeness (QED) is 0.727. The summed E-state index contributed by atoms with van der Waals surface area (Å²) in [4.78, 5) is 0.353. The highest BCUT2D eigenvalue weighted by atomic mass is 79.9. The maximum atomic E-state index is 12.1. The summed E-state index contributed by atoms with van der Waals surface area (Å²) in [6, 6.07) is 0. The van der Waals surface area contributed by atoms with E-state index in [0.717, 1.165) is 25.7 Å². The van der Waals surface area contributed by atoms with Gasteiger partial charge in [0.1, 0.15) is 0 Å². The zero-order valence-corrected chi connectivity index (χ0v) is 12.4. The molecular weight excluding hydrogens is 292 g/mol. The van der Waals surface area contributed by atoms with E-state index in [0.29, 0.717) is 24.5 Å². The monoisotopic (exact) mass is 312 g/mol. The first-order chi connectivity index (χ1) is 7.44. The third-order valence-electron chi connectivity index (χ3n) is 2.88.